The summed E-state index contributed by atoms with van der Waals surface area (Å²) < 4.78 is 12.9. The first-order valence-electron chi connectivity index (χ1n) is 5.93. The average Bonchev–Trinajstić information content (AvgIpc) is 2.81. The van der Waals surface area contributed by atoms with E-state index < -0.39 is 0 Å². The van der Waals surface area contributed by atoms with Crippen molar-refractivity contribution in [1.82, 2.24) is 9.97 Å². The van der Waals surface area contributed by atoms with Crippen LogP contribution in [-0.4, -0.2) is 9.97 Å². The molecule has 7 heteroatoms. The number of nitrogens with zero attached hydrogens (tertiary/aromatic N) is 2. The van der Waals surface area contributed by atoms with Gasteiger partial charge in [0.1, 0.15) is 16.5 Å². The first-order valence-corrected chi connectivity index (χ1v) is 6.75. The van der Waals surface area contributed by atoms with Gasteiger partial charge in [-0.3, -0.25) is 5.43 Å². The topological polar surface area (TPSA) is 75.9 Å². The Balaban J connectivity index is 2.06. The molecule has 0 bridgehead atoms. The molecule has 0 saturated carbocycles. The fraction of sp³-hybridized carbons (Fsp3) is 0.0769. The van der Waals surface area contributed by atoms with Crippen molar-refractivity contribution in [1.29, 1.82) is 0 Å². The Morgan fingerprint density at radius 3 is 2.65 bits per heavy atom. The quantitative estimate of drug-likeness (QED) is 0.510. The molecule has 0 spiro atoms. The molecule has 102 valence electrons. The maximum atomic E-state index is 12.9. The number of benzene rings is 1. The van der Waals surface area contributed by atoms with Gasteiger partial charge in [-0.05, 0) is 37.3 Å². The zero-order chi connectivity index (χ0) is 14.1. The maximum absolute atomic E-state index is 12.9. The van der Waals surface area contributed by atoms with Crippen LogP contribution < -0.4 is 16.6 Å². The van der Waals surface area contributed by atoms with E-state index in [4.69, 9.17) is 5.84 Å². The van der Waals surface area contributed by atoms with Gasteiger partial charge >= 0.3 is 0 Å². The van der Waals surface area contributed by atoms with E-state index in [1.165, 1.54) is 12.1 Å². The summed E-state index contributed by atoms with van der Waals surface area (Å²) in [5.41, 5.74) is 3.20. The number of rotatable bonds is 3. The van der Waals surface area contributed by atoms with Gasteiger partial charge in [-0.15, -0.1) is 11.3 Å². The molecule has 1 aromatic carbocycles. The van der Waals surface area contributed by atoms with Crippen LogP contribution in [0.5, 0.6) is 0 Å². The van der Waals surface area contributed by atoms with Crippen molar-refractivity contribution in [3.05, 3.63) is 41.0 Å². The van der Waals surface area contributed by atoms with E-state index >= 15 is 0 Å². The first kappa shape index (κ1) is 12.8. The first-order chi connectivity index (χ1) is 9.65. The van der Waals surface area contributed by atoms with E-state index in [-0.39, 0.29) is 5.82 Å². The van der Waals surface area contributed by atoms with Crippen LogP contribution in [0.4, 0.5) is 21.8 Å². The molecule has 0 atom stereocenters. The van der Waals surface area contributed by atoms with Gasteiger partial charge in [0.25, 0.3) is 0 Å². The van der Waals surface area contributed by atoms with E-state index in [0.29, 0.717) is 11.8 Å². The molecular weight excluding hydrogens is 277 g/mol. The summed E-state index contributed by atoms with van der Waals surface area (Å²) >= 11 is 1.56. The highest BCUT2D eigenvalue weighted by molar-refractivity contribution is 7.18. The zero-order valence-corrected chi connectivity index (χ0v) is 11.5. The third-order valence-corrected chi connectivity index (χ3v) is 3.70. The van der Waals surface area contributed by atoms with Gasteiger partial charge in [-0.2, -0.15) is 4.98 Å². The minimum atomic E-state index is -0.279. The van der Waals surface area contributed by atoms with Crippen LogP contribution in [0.1, 0.15) is 4.88 Å². The summed E-state index contributed by atoms with van der Waals surface area (Å²) in [5.74, 6) is 6.08. The average molecular weight is 289 g/mol. The predicted molar refractivity (Wildman–Crippen MR) is 79.6 cm³/mol. The van der Waals surface area contributed by atoms with Crippen molar-refractivity contribution < 1.29 is 4.39 Å². The van der Waals surface area contributed by atoms with Gasteiger partial charge in [0.15, 0.2) is 0 Å². The van der Waals surface area contributed by atoms with Gasteiger partial charge in [-0.1, -0.05) is 0 Å². The Morgan fingerprint density at radius 2 is 1.95 bits per heavy atom. The standard InChI is InChI=1S/C13H12FN5S/c1-7-6-10-11(16-9-4-2-8(14)3-5-9)17-13(19-15)18-12(10)20-7/h2-6H,15H2,1H3,(H2,16,17,18,19). The molecule has 2 heterocycles. The smallest absolute Gasteiger partial charge is 0.240 e. The van der Waals surface area contributed by atoms with Gasteiger partial charge < -0.3 is 5.32 Å². The molecule has 3 aromatic rings. The number of aromatic nitrogens is 2. The van der Waals surface area contributed by atoms with Gasteiger partial charge in [0.2, 0.25) is 5.95 Å². The molecule has 0 aliphatic heterocycles. The molecule has 4 N–H and O–H groups in total. The second-order valence-electron chi connectivity index (χ2n) is 4.25. The van der Waals surface area contributed by atoms with Crippen LogP contribution >= 0.6 is 11.3 Å². The number of hydrogen-bond donors (Lipinski definition) is 3. The van der Waals surface area contributed by atoms with Crippen LogP contribution in [0.2, 0.25) is 0 Å². The molecule has 0 fully saturated rings. The lowest BCUT2D eigenvalue weighted by Crippen LogP contribution is -2.11. The molecular formula is C13H12FN5S. The Labute approximate surface area is 118 Å². The molecule has 0 amide bonds. The molecule has 5 nitrogen and oxygen atoms in total. The van der Waals surface area contributed by atoms with Crippen LogP contribution in [-0.2, 0) is 0 Å². The van der Waals surface area contributed by atoms with E-state index in [9.17, 15) is 4.39 Å². The highest BCUT2D eigenvalue weighted by atomic mass is 32.1. The second-order valence-corrected chi connectivity index (χ2v) is 5.48. The van der Waals surface area contributed by atoms with Crippen LogP contribution in [0.15, 0.2) is 30.3 Å². The summed E-state index contributed by atoms with van der Waals surface area (Å²) in [5, 5.41) is 4.07. The number of anilines is 3. The lowest BCUT2D eigenvalue weighted by atomic mass is 10.3. The summed E-state index contributed by atoms with van der Waals surface area (Å²) in [7, 11) is 0. The van der Waals surface area contributed by atoms with Gasteiger partial charge in [0.05, 0.1) is 5.39 Å². The molecule has 0 unspecified atom stereocenters. The van der Waals surface area contributed by atoms with Crippen molar-refractivity contribution in [2.24, 2.45) is 5.84 Å². The SMILES string of the molecule is Cc1cc2c(Nc3ccc(F)cc3)nc(NN)nc2s1. The van der Waals surface area contributed by atoms with Gasteiger partial charge in [-0.25, -0.2) is 15.2 Å². The van der Waals surface area contributed by atoms with Crippen molar-refractivity contribution in [2.75, 3.05) is 10.7 Å². The molecule has 0 radical (unpaired) electrons. The Bertz CT molecular complexity index is 753. The zero-order valence-electron chi connectivity index (χ0n) is 10.6. The number of nitrogen functional groups attached to an aromatic ring is 1. The molecule has 0 saturated heterocycles. The van der Waals surface area contributed by atoms with E-state index in [0.717, 1.165) is 20.8 Å². The highest BCUT2D eigenvalue weighted by Crippen LogP contribution is 2.31. The van der Waals surface area contributed by atoms with Crippen molar-refractivity contribution in [3.8, 4) is 0 Å². The monoisotopic (exact) mass is 289 g/mol. The third kappa shape index (κ3) is 2.40. The lowest BCUT2D eigenvalue weighted by molar-refractivity contribution is 0.628. The largest absolute Gasteiger partial charge is 0.340 e. The van der Waals surface area contributed by atoms with E-state index in [2.05, 4.69) is 20.7 Å². The Hall–Kier alpha value is -2.25. The molecule has 2 aromatic heterocycles. The number of aryl methyl sites for hydroxylation is 1. The highest BCUT2D eigenvalue weighted by Gasteiger charge is 2.10. The third-order valence-electron chi connectivity index (χ3n) is 2.75. The van der Waals surface area contributed by atoms with Crippen LogP contribution in [0, 0.1) is 12.7 Å². The number of nitrogens with one attached hydrogen (secondary N) is 2. The Morgan fingerprint density at radius 1 is 1.20 bits per heavy atom. The van der Waals surface area contributed by atoms with Gasteiger partial charge in [0, 0.05) is 10.6 Å². The molecule has 0 aliphatic rings. The minimum absolute atomic E-state index is 0.279. The van der Waals surface area contributed by atoms with E-state index in [1.807, 2.05) is 13.0 Å². The number of halogens is 1. The normalized spacial score (nSPS) is 10.8. The molecule has 3 rings (SSSR count). The number of hydrazine groups is 1. The summed E-state index contributed by atoms with van der Waals surface area (Å²) in [6.07, 6.45) is 0. The molecule has 0 aliphatic carbocycles. The number of hydrogen-bond acceptors (Lipinski definition) is 6. The number of thiophene rings is 1. The summed E-state index contributed by atoms with van der Waals surface area (Å²) in [6, 6.07) is 8.09. The summed E-state index contributed by atoms with van der Waals surface area (Å²) in [6.45, 7) is 2.00. The van der Waals surface area contributed by atoms with Crippen molar-refractivity contribution in [3.63, 3.8) is 0 Å². The number of fused-ring (bicyclic) bond motifs is 1. The number of nitrogens with two attached hydrogens (primary N) is 1. The predicted octanol–water partition coefficient (Wildman–Crippen LogP) is 3.17. The van der Waals surface area contributed by atoms with Crippen molar-refractivity contribution in [2.45, 2.75) is 6.92 Å². The Kier molecular flexibility index (Phi) is 3.21. The minimum Gasteiger partial charge on any atom is -0.340 e. The fourth-order valence-electron chi connectivity index (χ4n) is 1.87. The van der Waals surface area contributed by atoms with E-state index in [1.54, 1.807) is 23.5 Å². The van der Waals surface area contributed by atoms with Crippen molar-refractivity contribution >= 4 is 39.0 Å². The van der Waals surface area contributed by atoms with Crippen LogP contribution in [0.3, 0.4) is 0 Å². The molecule has 20 heavy (non-hydrogen) atoms. The summed E-state index contributed by atoms with van der Waals surface area (Å²) in [4.78, 5) is 10.6. The van der Waals surface area contributed by atoms with Crippen LogP contribution in [0.25, 0.3) is 10.2 Å². The second kappa shape index (κ2) is 5.03. The fourth-order valence-corrected chi connectivity index (χ4v) is 2.75. The lowest BCUT2D eigenvalue weighted by Gasteiger charge is -2.08. The maximum Gasteiger partial charge on any atom is 0.240 e.